The lowest BCUT2D eigenvalue weighted by Crippen LogP contribution is -2.33. The summed E-state index contributed by atoms with van der Waals surface area (Å²) in [5, 5.41) is 11.7. The Balaban J connectivity index is 0.000000996. The van der Waals surface area contributed by atoms with Crippen LogP contribution in [0.4, 0.5) is 16.0 Å². The Labute approximate surface area is 280 Å². The fourth-order valence-electron chi connectivity index (χ4n) is 4.64. The van der Waals surface area contributed by atoms with Gasteiger partial charge in [-0.1, -0.05) is 11.6 Å². The largest absolute Gasteiger partial charge is 0.494 e. The van der Waals surface area contributed by atoms with E-state index in [1.807, 2.05) is 6.92 Å². The highest BCUT2D eigenvalue weighted by molar-refractivity contribution is 9.69. The molecule has 4 aromatic rings. The highest BCUT2D eigenvalue weighted by Gasteiger charge is 2.18. The van der Waals surface area contributed by atoms with E-state index in [1.54, 1.807) is 30.3 Å². The van der Waals surface area contributed by atoms with Crippen molar-refractivity contribution >= 4 is 94.7 Å². The molecule has 1 aliphatic heterocycles. The van der Waals surface area contributed by atoms with Crippen LogP contribution in [0.25, 0.3) is 22.2 Å². The second-order valence-electron chi connectivity index (χ2n) is 9.58. The van der Waals surface area contributed by atoms with Crippen LogP contribution in [0.3, 0.4) is 0 Å². The van der Waals surface area contributed by atoms with Crippen LogP contribution < -0.4 is 14.8 Å². The Hall–Kier alpha value is -1.88. The van der Waals surface area contributed by atoms with Crippen LogP contribution in [-0.4, -0.2) is 65.0 Å². The van der Waals surface area contributed by atoms with E-state index < -0.39 is 15.8 Å². The number of hydrogen-bond donors (Lipinski definition) is 2. The maximum atomic E-state index is 15.0. The van der Waals surface area contributed by atoms with Gasteiger partial charge in [0, 0.05) is 24.3 Å². The van der Waals surface area contributed by atoms with Gasteiger partial charge in [-0.05, 0) is 92.5 Å². The third kappa shape index (κ3) is 9.08. The predicted molar refractivity (Wildman–Crippen MR) is 182 cm³/mol. The molecule has 228 valence electrons. The molecule has 0 radical (unpaired) electrons. The zero-order chi connectivity index (χ0) is 31.1. The van der Waals surface area contributed by atoms with Gasteiger partial charge in [-0.15, -0.1) is 57.5 Å². The van der Waals surface area contributed by atoms with Crippen LogP contribution in [0.2, 0.25) is 5.02 Å². The first-order valence-electron chi connectivity index (χ1n) is 13.2. The lowest BCUT2D eigenvalue weighted by atomic mass is 10.0. The molecular formula is C27H28BBr3ClFN6O3S. The SMILES string of the molecule is BrB(Br)Br.COc1ccc(Cl)c(-c2cc(C)c3nc(Nc4ccc(S(=O)(=O)NCCN5CCCC5)cc4)nnc3c2)c1F. The van der Waals surface area contributed by atoms with Crippen molar-refractivity contribution in [3.63, 3.8) is 0 Å². The van der Waals surface area contributed by atoms with E-state index in [0.29, 0.717) is 35.4 Å². The number of likely N-dealkylation sites (tertiary alicyclic amines) is 1. The molecule has 5 rings (SSSR count). The number of benzene rings is 3. The molecule has 0 unspecified atom stereocenters. The number of aryl methyl sites for hydroxylation is 1. The van der Waals surface area contributed by atoms with Gasteiger partial charge in [-0.2, -0.15) is 0 Å². The van der Waals surface area contributed by atoms with Gasteiger partial charge in [0.1, 0.15) is 5.52 Å². The van der Waals surface area contributed by atoms with Crippen molar-refractivity contribution in [1.29, 1.82) is 0 Å². The highest BCUT2D eigenvalue weighted by Crippen LogP contribution is 2.37. The zero-order valence-corrected chi connectivity index (χ0v) is 29.6. The van der Waals surface area contributed by atoms with Crippen molar-refractivity contribution in [2.75, 3.05) is 38.6 Å². The summed E-state index contributed by atoms with van der Waals surface area (Å²) < 4.78 is 48.3. The fraction of sp³-hybridized carbons (Fsp3) is 0.296. The van der Waals surface area contributed by atoms with Crippen molar-refractivity contribution in [2.24, 2.45) is 0 Å². The van der Waals surface area contributed by atoms with Crippen LogP contribution in [0.5, 0.6) is 5.75 Å². The van der Waals surface area contributed by atoms with E-state index in [0.717, 1.165) is 31.5 Å². The number of hydrogen-bond acceptors (Lipinski definition) is 8. The summed E-state index contributed by atoms with van der Waals surface area (Å²) in [6.45, 7) is 4.95. The quantitative estimate of drug-likeness (QED) is 0.173. The van der Waals surface area contributed by atoms with Crippen LogP contribution in [0.15, 0.2) is 53.4 Å². The van der Waals surface area contributed by atoms with Gasteiger partial charge in [0.05, 0.1) is 22.5 Å². The molecule has 0 bridgehead atoms. The van der Waals surface area contributed by atoms with E-state index in [-0.39, 0.29) is 30.4 Å². The van der Waals surface area contributed by atoms with E-state index in [4.69, 9.17) is 16.3 Å². The normalized spacial score (nSPS) is 13.5. The summed E-state index contributed by atoms with van der Waals surface area (Å²) in [4.78, 5) is 6.99. The highest BCUT2D eigenvalue weighted by atomic mass is 79.9. The zero-order valence-electron chi connectivity index (χ0n) is 23.3. The lowest BCUT2D eigenvalue weighted by Gasteiger charge is -2.15. The summed E-state index contributed by atoms with van der Waals surface area (Å²) in [7, 11) is -2.21. The molecule has 0 aliphatic carbocycles. The number of aromatic nitrogens is 3. The molecule has 16 heteroatoms. The van der Waals surface area contributed by atoms with Crippen LogP contribution in [0, 0.1) is 12.7 Å². The minimum absolute atomic E-state index is 0.0904. The topological polar surface area (TPSA) is 109 Å². The third-order valence-corrected chi connectivity index (χ3v) is 8.45. The number of nitrogens with one attached hydrogen (secondary N) is 2. The summed E-state index contributed by atoms with van der Waals surface area (Å²) >= 11 is 15.6. The van der Waals surface area contributed by atoms with Gasteiger partial charge < -0.3 is 15.0 Å². The van der Waals surface area contributed by atoms with E-state index in [1.165, 1.54) is 25.3 Å². The number of nitrogens with zero attached hydrogens (tertiary/aromatic N) is 4. The number of fused-ring (bicyclic) bond motifs is 1. The molecule has 1 aliphatic rings. The fourth-order valence-corrected chi connectivity index (χ4v) is 5.92. The molecular weight excluding hydrogens is 793 g/mol. The first-order chi connectivity index (χ1) is 20.5. The summed E-state index contributed by atoms with van der Waals surface area (Å²) in [5.41, 5.74) is 3.15. The summed E-state index contributed by atoms with van der Waals surface area (Å²) in [5.74, 6) is -0.230. The number of methoxy groups -OCH3 is 1. The molecule has 0 atom stereocenters. The molecule has 1 aromatic heterocycles. The Morgan fingerprint density at radius 1 is 1.07 bits per heavy atom. The average molecular weight is 822 g/mol. The molecule has 2 heterocycles. The molecule has 2 N–H and O–H groups in total. The molecule has 0 spiro atoms. The van der Waals surface area contributed by atoms with Crippen molar-refractivity contribution < 1.29 is 17.5 Å². The van der Waals surface area contributed by atoms with Gasteiger partial charge in [-0.25, -0.2) is 22.5 Å². The number of rotatable bonds is 9. The minimum Gasteiger partial charge on any atom is -0.494 e. The van der Waals surface area contributed by atoms with Crippen molar-refractivity contribution in [2.45, 2.75) is 24.7 Å². The Bertz CT molecular complexity index is 1680. The minimum atomic E-state index is -3.61. The van der Waals surface area contributed by atoms with E-state index in [2.05, 4.69) is 77.4 Å². The number of sulfonamides is 1. The lowest BCUT2D eigenvalue weighted by molar-refractivity contribution is 0.344. The maximum absolute atomic E-state index is 15.0. The second-order valence-corrected chi connectivity index (χ2v) is 18.2. The van der Waals surface area contributed by atoms with Crippen molar-refractivity contribution in [1.82, 2.24) is 24.8 Å². The van der Waals surface area contributed by atoms with Crippen LogP contribution in [0.1, 0.15) is 18.4 Å². The summed E-state index contributed by atoms with van der Waals surface area (Å²) in [6.07, 6.45) is 2.33. The van der Waals surface area contributed by atoms with Gasteiger partial charge in [-0.3, -0.25) is 0 Å². The van der Waals surface area contributed by atoms with Crippen molar-refractivity contribution in [3.05, 3.63) is 64.9 Å². The first-order valence-corrected chi connectivity index (χ1v) is 17.8. The molecule has 0 amide bonds. The van der Waals surface area contributed by atoms with Crippen molar-refractivity contribution in [3.8, 4) is 16.9 Å². The smallest absolute Gasteiger partial charge is 0.369 e. The molecule has 9 nitrogen and oxygen atoms in total. The molecule has 1 fully saturated rings. The Morgan fingerprint density at radius 2 is 1.74 bits per heavy atom. The summed E-state index contributed by atoms with van der Waals surface area (Å²) in [6, 6.07) is 12.8. The monoisotopic (exact) mass is 818 g/mol. The average Bonchev–Trinajstić information content (AvgIpc) is 3.47. The molecule has 0 saturated carbocycles. The van der Waals surface area contributed by atoms with E-state index in [9.17, 15) is 12.8 Å². The molecule has 43 heavy (non-hydrogen) atoms. The molecule has 1 saturated heterocycles. The molecule has 3 aromatic carbocycles. The standard InChI is InChI=1S/C27H28ClFN6O3S.BBr3/c1-17-15-18(24-21(28)9-10-23(38-2)25(24)29)16-22-26(17)32-27(34-33-22)31-19-5-7-20(8-6-19)39(36,37)30-11-14-35-12-3-4-13-35;2-1(3)4/h5-10,15-16,30H,3-4,11-14H2,1-2H3,(H,31,32,34);. The van der Waals surface area contributed by atoms with Gasteiger partial charge in [0.15, 0.2) is 11.6 Å². The second kappa shape index (κ2) is 15.4. The van der Waals surface area contributed by atoms with Gasteiger partial charge >= 0.3 is 3.18 Å². The van der Waals surface area contributed by atoms with Gasteiger partial charge in [0.2, 0.25) is 16.0 Å². The van der Waals surface area contributed by atoms with Crippen LogP contribution in [-0.2, 0) is 10.0 Å². The predicted octanol–water partition coefficient (Wildman–Crippen LogP) is 7.08. The number of anilines is 2. The maximum Gasteiger partial charge on any atom is 0.369 e. The number of ether oxygens (including phenoxy) is 1. The third-order valence-electron chi connectivity index (χ3n) is 6.65. The van der Waals surface area contributed by atoms with E-state index >= 15 is 0 Å². The Kier molecular flexibility index (Phi) is 12.2. The Morgan fingerprint density at radius 3 is 2.40 bits per heavy atom. The first kappa shape index (κ1) is 34.0. The van der Waals surface area contributed by atoms with Crippen LogP contribution >= 0.6 is 58.9 Å². The van der Waals surface area contributed by atoms with Gasteiger partial charge in [0.25, 0.3) is 0 Å². The number of halogens is 5.